The van der Waals surface area contributed by atoms with E-state index >= 15 is 0 Å². The van der Waals surface area contributed by atoms with Gasteiger partial charge in [0.2, 0.25) is 15.9 Å². The quantitative estimate of drug-likeness (QED) is 0.367. The van der Waals surface area contributed by atoms with E-state index in [1.165, 1.54) is 28.6 Å². The Kier molecular flexibility index (Phi) is 8.68. The molecule has 3 aromatic carbocycles. The third-order valence-corrected chi connectivity index (χ3v) is 10.2. The van der Waals surface area contributed by atoms with Gasteiger partial charge in [-0.2, -0.15) is 0 Å². The summed E-state index contributed by atoms with van der Waals surface area (Å²) in [6.45, 7) is 2.27. The van der Waals surface area contributed by atoms with Crippen LogP contribution in [0.3, 0.4) is 0 Å². The SMILES string of the molecule is Cc1cccc(NS(=O)(=O)c2ccc(NC(=O)C3CCN(S(=O)(=O)Cc4c(Cl)cccc4Cl)CC3)cc2)c1. The highest BCUT2D eigenvalue weighted by Crippen LogP contribution is 2.29. The number of nitrogens with zero attached hydrogens (tertiary/aromatic N) is 1. The van der Waals surface area contributed by atoms with Crippen LogP contribution in [-0.4, -0.2) is 40.1 Å². The van der Waals surface area contributed by atoms with Crippen molar-refractivity contribution in [1.29, 1.82) is 0 Å². The summed E-state index contributed by atoms with van der Waals surface area (Å²) in [5.41, 5.74) is 2.20. The molecule has 4 rings (SSSR count). The molecule has 8 nitrogen and oxygen atoms in total. The first-order chi connectivity index (χ1) is 17.9. The van der Waals surface area contributed by atoms with Crippen molar-refractivity contribution in [3.05, 3.63) is 87.9 Å². The molecule has 202 valence electrons. The lowest BCUT2D eigenvalue weighted by Crippen LogP contribution is -2.42. The molecule has 0 bridgehead atoms. The highest BCUT2D eigenvalue weighted by atomic mass is 35.5. The number of hydrogen-bond donors (Lipinski definition) is 2. The second kappa shape index (κ2) is 11.6. The summed E-state index contributed by atoms with van der Waals surface area (Å²) in [6.07, 6.45) is 0.711. The first-order valence-corrected chi connectivity index (χ1v) is 15.7. The lowest BCUT2D eigenvalue weighted by molar-refractivity contribution is -0.120. The number of amides is 1. The van der Waals surface area contributed by atoms with E-state index in [-0.39, 0.29) is 35.6 Å². The van der Waals surface area contributed by atoms with E-state index in [9.17, 15) is 21.6 Å². The smallest absolute Gasteiger partial charge is 0.261 e. The fourth-order valence-corrected chi connectivity index (χ4v) is 7.59. The molecule has 1 saturated heterocycles. The monoisotopic (exact) mass is 595 g/mol. The summed E-state index contributed by atoms with van der Waals surface area (Å²) in [7, 11) is -7.45. The third-order valence-electron chi connectivity index (χ3n) is 6.31. The van der Waals surface area contributed by atoms with Gasteiger partial charge in [-0.15, -0.1) is 0 Å². The van der Waals surface area contributed by atoms with Crippen LogP contribution >= 0.6 is 23.2 Å². The number of carbonyl (C=O) groups excluding carboxylic acids is 1. The van der Waals surface area contributed by atoms with Gasteiger partial charge in [0, 0.05) is 46.0 Å². The Bertz CT molecular complexity index is 1520. The van der Waals surface area contributed by atoms with Crippen LogP contribution < -0.4 is 10.0 Å². The van der Waals surface area contributed by atoms with E-state index in [0.29, 0.717) is 39.8 Å². The van der Waals surface area contributed by atoms with Gasteiger partial charge >= 0.3 is 0 Å². The Morgan fingerprint density at radius 1 is 0.895 bits per heavy atom. The van der Waals surface area contributed by atoms with E-state index < -0.39 is 20.0 Å². The maximum atomic E-state index is 12.9. The molecule has 1 heterocycles. The van der Waals surface area contributed by atoms with E-state index in [0.717, 1.165) is 5.56 Å². The minimum Gasteiger partial charge on any atom is -0.326 e. The first kappa shape index (κ1) is 28.4. The molecule has 0 spiro atoms. The van der Waals surface area contributed by atoms with Gasteiger partial charge in [0.15, 0.2) is 0 Å². The number of anilines is 2. The van der Waals surface area contributed by atoms with E-state index in [4.69, 9.17) is 23.2 Å². The fraction of sp³-hybridized carbons (Fsp3) is 0.269. The molecule has 0 atom stereocenters. The molecular formula is C26H27Cl2N3O5S2. The first-order valence-electron chi connectivity index (χ1n) is 11.9. The summed E-state index contributed by atoms with van der Waals surface area (Å²) in [4.78, 5) is 12.9. The normalized spacial score (nSPS) is 15.2. The molecule has 3 aromatic rings. The number of hydrogen-bond acceptors (Lipinski definition) is 5. The van der Waals surface area contributed by atoms with Crippen LogP contribution in [0.5, 0.6) is 0 Å². The van der Waals surface area contributed by atoms with Crippen LogP contribution in [0.1, 0.15) is 24.0 Å². The molecule has 0 aromatic heterocycles. The number of rotatable bonds is 8. The minimum atomic E-state index is -3.79. The minimum absolute atomic E-state index is 0.0640. The molecular weight excluding hydrogens is 569 g/mol. The average molecular weight is 597 g/mol. The van der Waals surface area contributed by atoms with E-state index in [2.05, 4.69) is 10.0 Å². The Balaban J connectivity index is 1.33. The molecule has 38 heavy (non-hydrogen) atoms. The van der Waals surface area contributed by atoms with E-state index in [1.54, 1.807) is 36.4 Å². The maximum absolute atomic E-state index is 12.9. The number of aryl methyl sites for hydroxylation is 1. The van der Waals surface area contributed by atoms with Gasteiger partial charge < -0.3 is 5.32 Å². The number of halogens is 2. The lowest BCUT2D eigenvalue weighted by Gasteiger charge is -2.30. The third kappa shape index (κ3) is 6.86. The molecule has 1 aliphatic rings. The molecule has 1 aliphatic heterocycles. The second-order valence-corrected chi connectivity index (χ2v) is 13.6. The van der Waals surface area contributed by atoms with Crippen molar-refractivity contribution in [3.63, 3.8) is 0 Å². The largest absolute Gasteiger partial charge is 0.326 e. The van der Waals surface area contributed by atoms with Crippen molar-refractivity contribution in [2.75, 3.05) is 23.1 Å². The Morgan fingerprint density at radius 3 is 2.11 bits per heavy atom. The zero-order chi connectivity index (χ0) is 27.5. The van der Waals surface area contributed by atoms with Crippen molar-refractivity contribution < 1.29 is 21.6 Å². The number of benzene rings is 3. The van der Waals surface area contributed by atoms with Crippen LogP contribution in [0.25, 0.3) is 0 Å². The number of sulfonamides is 2. The average Bonchev–Trinajstić information content (AvgIpc) is 2.86. The molecule has 0 saturated carbocycles. The second-order valence-electron chi connectivity index (χ2n) is 9.12. The van der Waals surface area contributed by atoms with Gasteiger partial charge in [-0.05, 0) is 73.9 Å². The molecule has 2 N–H and O–H groups in total. The topological polar surface area (TPSA) is 113 Å². The predicted octanol–water partition coefficient (Wildman–Crippen LogP) is 5.28. The summed E-state index contributed by atoms with van der Waals surface area (Å²) in [5.74, 6) is -0.933. The summed E-state index contributed by atoms with van der Waals surface area (Å²) < 4.78 is 55.1. The highest BCUT2D eigenvalue weighted by Gasteiger charge is 2.32. The fourth-order valence-electron chi connectivity index (χ4n) is 4.22. The Labute approximate surface area is 233 Å². The van der Waals surface area contributed by atoms with Crippen LogP contribution in [-0.2, 0) is 30.6 Å². The van der Waals surface area contributed by atoms with Gasteiger partial charge in [-0.25, -0.2) is 21.1 Å². The van der Waals surface area contributed by atoms with Gasteiger partial charge in [0.05, 0.1) is 10.6 Å². The lowest BCUT2D eigenvalue weighted by atomic mass is 9.97. The van der Waals surface area contributed by atoms with Crippen LogP contribution in [0.15, 0.2) is 71.6 Å². The summed E-state index contributed by atoms with van der Waals surface area (Å²) >= 11 is 12.3. The van der Waals surface area contributed by atoms with Gasteiger partial charge in [-0.1, -0.05) is 41.4 Å². The molecule has 1 amide bonds. The zero-order valence-electron chi connectivity index (χ0n) is 20.5. The van der Waals surface area contributed by atoms with Crippen molar-refractivity contribution in [2.24, 2.45) is 5.92 Å². The van der Waals surface area contributed by atoms with Crippen LogP contribution in [0.4, 0.5) is 11.4 Å². The zero-order valence-corrected chi connectivity index (χ0v) is 23.7. The summed E-state index contributed by atoms with van der Waals surface area (Å²) in [5, 5.41) is 3.38. The Hall–Kier alpha value is -2.63. The molecule has 0 radical (unpaired) electrons. The summed E-state index contributed by atoms with van der Waals surface area (Å²) in [6, 6.07) is 17.8. The maximum Gasteiger partial charge on any atom is 0.261 e. The predicted molar refractivity (Wildman–Crippen MR) is 150 cm³/mol. The van der Waals surface area contributed by atoms with Crippen LogP contribution in [0.2, 0.25) is 10.0 Å². The molecule has 0 aliphatic carbocycles. The highest BCUT2D eigenvalue weighted by molar-refractivity contribution is 7.92. The number of piperidine rings is 1. The number of carbonyl (C=O) groups is 1. The van der Waals surface area contributed by atoms with Crippen molar-refractivity contribution in [2.45, 2.75) is 30.4 Å². The molecule has 12 heteroatoms. The molecule has 1 fully saturated rings. The molecule has 0 unspecified atom stereocenters. The van der Waals surface area contributed by atoms with Crippen molar-refractivity contribution in [1.82, 2.24) is 4.31 Å². The Morgan fingerprint density at radius 2 is 1.50 bits per heavy atom. The standard InChI is InChI=1S/C26H27Cl2N3O5S2/c1-18-4-2-5-21(16-18)30-38(35,36)22-10-8-20(9-11-22)29-26(32)19-12-14-31(15-13-19)37(33,34)17-23-24(27)6-3-7-25(23)28/h2-11,16,19,30H,12-15,17H2,1H3,(H,29,32). The van der Waals surface area contributed by atoms with Gasteiger partial charge in [-0.3, -0.25) is 9.52 Å². The van der Waals surface area contributed by atoms with Gasteiger partial charge in [0.25, 0.3) is 10.0 Å². The van der Waals surface area contributed by atoms with Crippen molar-refractivity contribution in [3.8, 4) is 0 Å². The van der Waals surface area contributed by atoms with Crippen LogP contribution in [0, 0.1) is 12.8 Å². The van der Waals surface area contributed by atoms with Crippen molar-refractivity contribution >= 4 is 60.5 Å². The van der Waals surface area contributed by atoms with E-state index in [1.807, 2.05) is 13.0 Å². The van der Waals surface area contributed by atoms with Gasteiger partial charge in [0.1, 0.15) is 0 Å². The number of nitrogens with one attached hydrogen (secondary N) is 2.